The van der Waals surface area contributed by atoms with Crippen molar-refractivity contribution in [3.05, 3.63) is 29.3 Å². The van der Waals surface area contributed by atoms with E-state index < -0.39 is 18.1 Å². The summed E-state index contributed by atoms with van der Waals surface area (Å²) < 4.78 is 32.0. The van der Waals surface area contributed by atoms with Gasteiger partial charge < -0.3 is 15.6 Å². The molecule has 2 unspecified atom stereocenters. The molecule has 0 radical (unpaired) electrons. The molecule has 0 saturated heterocycles. The van der Waals surface area contributed by atoms with Gasteiger partial charge in [0.2, 0.25) is 0 Å². The van der Waals surface area contributed by atoms with E-state index in [0.29, 0.717) is 0 Å². The van der Waals surface area contributed by atoms with Crippen LogP contribution in [0.15, 0.2) is 18.2 Å². The van der Waals surface area contributed by atoms with Crippen LogP contribution in [0.4, 0.5) is 8.78 Å². The Hall–Kier alpha value is -1.20. The van der Waals surface area contributed by atoms with Crippen molar-refractivity contribution in [1.29, 1.82) is 0 Å². The second-order valence-electron chi connectivity index (χ2n) is 4.12. The molecule has 1 rings (SSSR count). The fourth-order valence-corrected chi connectivity index (χ4v) is 1.72. The lowest BCUT2D eigenvalue weighted by Crippen LogP contribution is -2.27. The largest absolute Gasteiger partial charge is 0.496 e. The highest BCUT2D eigenvalue weighted by Gasteiger charge is 2.34. The third-order valence-electron chi connectivity index (χ3n) is 2.53. The number of benzene rings is 1. The number of nitrogens with two attached hydrogens (primary N) is 1. The molecule has 96 valence electrons. The molecule has 2 atom stereocenters. The van der Waals surface area contributed by atoms with Crippen molar-refractivity contribution in [2.24, 2.45) is 5.73 Å². The van der Waals surface area contributed by atoms with E-state index >= 15 is 0 Å². The quantitative estimate of drug-likeness (QED) is 0.855. The molecular formula is C12H17F2NO2. The molecule has 3 N–H and O–H groups in total. The SMILES string of the molecule is COc1cccc(C(O)C(C)N)c1C(C)(F)F. The Morgan fingerprint density at radius 3 is 2.41 bits per heavy atom. The molecule has 0 heterocycles. The summed E-state index contributed by atoms with van der Waals surface area (Å²) in [6.45, 7) is 2.32. The van der Waals surface area contributed by atoms with Crippen molar-refractivity contribution in [2.45, 2.75) is 31.9 Å². The zero-order chi connectivity index (χ0) is 13.2. The lowest BCUT2D eigenvalue weighted by atomic mass is 9.94. The number of aliphatic hydroxyl groups excluding tert-OH is 1. The Morgan fingerprint density at radius 2 is 2.00 bits per heavy atom. The Balaban J connectivity index is 3.40. The van der Waals surface area contributed by atoms with Crippen LogP contribution < -0.4 is 10.5 Å². The number of aliphatic hydroxyl groups is 1. The van der Waals surface area contributed by atoms with Crippen LogP contribution in [-0.2, 0) is 5.92 Å². The van der Waals surface area contributed by atoms with Crippen LogP contribution in [0.3, 0.4) is 0 Å². The van der Waals surface area contributed by atoms with E-state index in [4.69, 9.17) is 10.5 Å². The maximum Gasteiger partial charge on any atom is 0.274 e. The number of methoxy groups -OCH3 is 1. The Kier molecular flexibility index (Phi) is 4.06. The summed E-state index contributed by atoms with van der Waals surface area (Å²) >= 11 is 0. The summed E-state index contributed by atoms with van der Waals surface area (Å²) in [5, 5.41) is 9.85. The van der Waals surface area contributed by atoms with Crippen LogP contribution in [0.5, 0.6) is 5.75 Å². The zero-order valence-electron chi connectivity index (χ0n) is 10.1. The minimum atomic E-state index is -3.10. The molecule has 0 amide bonds. The first-order valence-electron chi connectivity index (χ1n) is 5.28. The normalized spacial score (nSPS) is 15.5. The average Bonchev–Trinajstić information content (AvgIpc) is 2.25. The van der Waals surface area contributed by atoms with Crippen LogP contribution in [0.25, 0.3) is 0 Å². The lowest BCUT2D eigenvalue weighted by molar-refractivity contribution is 0.0106. The van der Waals surface area contributed by atoms with Crippen LogP contribution in [0, 0.1) is 0 Å². The summed E-state index contributed by atoms with van der Waals surface area (Å²) in [6.07, 6.45) is -1.15. The van der Waals surface area contributed by atoms with Crippen LogP contribution >= 0.6 is 0 Å². The number of rotatable bonds is 4. The van der Waals surface area contributed by atoms with Gasteiger partial charge >= 0.3 is 0 Å². The van der Waals surface area contributed by atoms with E-state index in [1.807, 2.05) is 0 Å². The molecule has 17 heavy (non-hydrogen) atoms. The molecule has 0 bridgehead atoms. The van der Waals surface area contributed by atoms with Crippen molar-refractivity contribution in [3.8, 4) is 5.75 Å². The van der Waals surface area contributed by atoms with E-state index in [1.165, 1.54) is 19.2 Å². The number of hydrogen-bond donors (Lipinski definition) is 2. The fraction of sp³-hybridized carbons (Fsp3) is 0.500. The van der Waals surface area contributed by atoms with Crippen molar-refractivity contribution in [1.82, 2.24) is 0 Å². The van der Waals surface area contributed by atoms with E-state index in [0.717, 1.165) is 6.92 Å². The molecule has 1 aromatic carbocycles. The van der Waals surface area contributed by atoms with Gasteiger partial charge in [-0.2, -0.15) is 0 Å². The standard InChI is InChI=1S/C12H17F2NO2/c1-7(15)11(16)8-5-4-6-9(17-3)10(8)12(2,13)14/h4-7,11,16H,15H2,1-3H3. The fourth-order valence-electron chi connectivity index (χ4n) is 1.72. The summed E-state index contributed by atoms with van der Waals surface area (Å²) in [5.74, 6) is -3.05. The van der Waals surface area contributed by atoms with Crippen molar-refractivity contribution < 1.29 is 18.6 Å². The topological polar surface area (TPSA) is 55.5 Å². The summed E-state index contributed by atoms with van der Waals surface area (Å²) in [7, 11) is 1.31. The van der Waals surface area contributed by atoms with Gasteiger partial charge in [0.25, 0.3) is 5.92 Å². The highest BCUT2D eigenvalue weighted by Crippen LogP contribution is 2.39. The van der Waals surface area contributed by atoms with Gasteiger partial charge in [-0.25, -0.2) is 8.78 Å². The van der Waals surface area contributed by atoms with E-state index in [1.54, 1.807) is 13.0 Å². The second-order valence-corrected chi connectivity index (χ2v) is 4.12. The summed E-state index contributed by atoms with van der Waals surface area (Å²) in [4.78, 5) is 0. The molecule has 0 fully saturated rings. The first kappa shape index (κ1) is 13.9. The first-order valence-corrected chi connectivity index (χ1v) is 5.28. The number of alkyl halides is 2. The van der Waals surface area contributed by atoms with Gasteiger partial charge in [0.05, 0.1) is 18.8 Å². The van der Waals surface area contributed by atoms with Gasteiger partial charge in [-0.05, 0) is 18.6 Å². The maximum absolute atomic E-state index is 13.6. The Bertz CT molecular complexity index is 389. The van der Waals surface area contributed by atoms with Gasteiger partial charge in [0.15, 0.2) is 0 Å². The Labute approximate surface area is 99.2 Å². The van der Waals surface area contributed by atoms with Crippen molar-refractivity contribution in [3.63, 3.8) is 0 Å². The van der Waals surface area contributed by atoms with Gasteiger partial charge in [0, 0.05) is 13.0 Å². The molecule has 0 saturated carbocycles. The molecule has 0 aliphatic rings. The van der Waals surface area contributed by atoms with E-state index in [-0.39, 0.29) is 16.9 Å². The van der Waals surface area contributed by atoms with Crippen LogP contribution in [-0.4, -0.2) is 18.3 Å². The predicted molar refractivity (Wildman–Crippen MR) is 61.2 cm³/mol. The molecule has 0 aliphatic carbocycles. The minimum absolute atomic E-state index is 0.0506. The number of hydrogen-bond acceptors (Lipinski definition) is 3. The smallest absolute Gasteiger partial charge is 0.274 e. The molecular weight excluding hydrogens is 228 g/mol. The molecule has 0 aliphatic heterocycles. The highest BCUT2D eigenvalue weighted by molar-refractivity contribution is 5.44. The molecule has 1 aromatic rings. The maximum atomic E-state index is 13.6. The van der Waals surface area contributed by atoms with Gasteiger partial charge in [-0.3, -0.25) is 0 Å². The summed E-state index contributed by atoms with van der Waals surface area (Å²) in [5.41, 5.74) is 5.33. The molecule has 5 heteroatoms. The second kappa shape index (κ2) is 4.98. The third-order valence-corrected chi connectivity index (χ3v) is 2.53. The Morgan fingerprint density at radius 1 is 1.41 bits per heavy atom. The number of halogens is 2. The number of ether oxygens (including phenoxy) is 1. The van der Waals surface area contributed by atoms with Crippen molar-refractivity contribution in [2.75, 3.05) is 7.11 Å². The molecule has 3 nitrogen and oxygen atoms in total. The van der Waals surface area contributed by atoms with E-state index in [9.17, 15) is 13.9 Å². The van der Waals surface area contributed by atoms with Crippen molar-refractivity contribution >= 4 is 0 Å². The third kappa shape index (κ3) is 2.92. The van der Waals surface area contributed by atoms with Gasteiger partial charge in [-0.15, -0.1) is 0 Å². The van der Waals surface area contributed by atoms with Gasteiger partial charge in [-0.1, -0.05) is 12.1 Å². The minimum Gasteiger partial charge on any atom is -0.496 e. The summed E-state index contributed by atoms with van der Waals surface area (Å²) in [6, 6.07) is 3.78. The average molecular weight is 245 g/mol. The first-order chi connectivity index (χ1) is 7.79. The van der Waals surface area contributed by atoms with Crippen LogP contribution in [0.2, 0.25) is 0 Å². The predicted octanol–water partition coefficient (Wildman–Crippen LogP) is 2.19. The zero-order valence-corrected chi connectivity index (χ0v) is 10.1. The lowest BCUT2D eigenvalue weighted by Gasteiger charge is -2.23. The van der Waals surface area contributed by atoms with E-state index in [2.05, 4.69) is 0 Å². The van der Waals surface area contributed by atoms with Crippen LogP contribution in [0.1, 0.15) is 31.1 Å². The molecule has 0 spiro atoms. The molecule has 0 aromatic heterocycles. The van der Waals surface area contributed by atoms with Gasteiger partial charge in [0.1, 0.15) is 5.75 Å². The highest BCUT2D eigenvalue weighted by atomic mass is 19.3. The monoisotopic (exact) mass is 245 g/mol.